The van der Waals surface area contributed by atoms with Gasteiger partial charge in [-0.15, -0.1) is 0 Å². The molecule has 0 spiro atoms. The van der Waals surface area contributed by atoms with E-state index in [0.29, 0.717) is 23.2 Å². The fourth-order valence-corrected chi connectivity index (χ4v) is 10.4. The molecule has 4 fully saturated rings. The van der Waals surface area contributed by atoms with Gasteiger partial charge in [0.25, 0.3) is 0 Å². The highest BCUT2D eigenvalue weighted by Gasteiger charge is 2.60. The maximum Gasteiger partial charge on any atom is 0.397 e. The summed E-state index contributed by atoms with van der Waals surface area (Å²) in [6.45, 7) is 14.1. The number of hydrogen-bond acceptors (Lipinski definition) is 3. The van der Waals surface area contributed by atoms with Gasteiger partial charge in [-0.3, -0.25) is 4.55 Å². The summed E-state index contributed by atoms with van der Waals surface area (Å²) in [4.78, 5) is 0. The summed E-state index contributed by atoms with van der Waals surface area (Å²) >= 11 is 0. The van der Waals surface area contributed by atoms with E-state index in [1.165, 1.54) is 57.8 Å². The summed E-state index contributed by atoms with van der Waals surface area (Å²) in [6, 6.07) is 0. The predicted molar refractivity (Wildman–Crippen MR) is 134 cm³/mol. The Morgan fingerprint density at radius 2 is 1.58 bits per heavy atom. The molecule has 0 radical (unpaired) electrons. The molecule has 0 aromatic carbocycles. The van der Waals surface area contributed by atoms with Crippen molar-refractivity contribution in [3.63, 3.8) is 0 Å². The quantitative estimate of drug-likeness (QED) is 0.381. The number of fused-ring (bicyclic) bond motifs is 5. The van der Waals surface area contributed by atoms with Gasteiger partial charge >= 0.3 is 10.4 Å². The van der Waals surface area contributed by atoms with Gasteiger partial charge in [-0.25, -0.2) is 4.18 Å². The lowest BCUT2D eigenvalue weighted by Crippen LogP contribution is -2.53. The van der Waals surface area contributed by atoms with E-state index in [-0.39, 0.29) is 5.92 Å². The van der Waals surface area contributed by atoms with E-state index in [4.69, 9.17) is 4.18 Å². The van der Waals surface area contributed by atoms with E-state index in [9.17, 15) is 13.0 Å². The Labute approximate surface area is 204 Å². The molecule has 0 bridgehead atoms. The van der Waals surface area contributed by atoms with Gasteiger partial charge in [-0.2, -0.15) is 8.42 Å². The van der Waals surface area contributed by atoms with E-state index in [1.807, 2.05) is 13.8 Å². The molecule has 0 heterocycles. The summed E-state index contributed by atoms with van der Waals surface area (Å²) in [5.74, 6) is 5.95. The molecular formula is C28H50O4S. The minimum Gasteiger partial charge on any atom is -0.264 e. The molecule has 4 aliphatic rings. The topological polar surface area (TPSA) is 63.6 Å². The van der Waals surface area contributed by atoms with Crippen LogP contribution in [0, 0.1) is 58.2 Å². The minimum atomic E-state index is -4.40. The summed E-state index contributed by atoms with van der Waals surface area (Å²) in [7, 11) is -4.40. The molecule has 4 aliphatic carbocycles. The highest BCUT2D eigenvalue weighted by molar-refractivity contribution is 7.80. The molecule has 0 aromatic rings. The van der Waals surface area contributed by atoms with Crippen LogP contribution in [0.15, 0.2) is 0 Å². The molecule has 5 heteroatoms. The minimum absolute atomic E-state index is 0.0654. The second-order valence-corrected chi connectivity index (χ2v) is 14.7. The van der Waals surface area contributed by atoms with Gasteiger partial charge in [0, 0.05) is 0 Å². The molecule has 4 saturated carbocycles. The van der Waals surface area contributed by atoms with Crippen molar-refractivity contribution in [2.45, 2.75) is 118 Å². The van der Waals surface area contributed by atoms with Crippen molar-refractivity contribution in [2.24, 2.45) is 58.2 Å². The van der Waals surface area contributed by atoms with E-state index in [2.05, 4.69) is 27.7 Å². The highest BCUT2D eigenvalue weighted by Crippen LogP contribution is 2.68. The van der Waals surface area contributed by atoms with Crippen molar-refractivity contribution in [3.05, 3.63) is 0 Å². The zero-order chi connectivity index (χ0) is 24.2. The lowest BCUT2D eigenvalue weighted by molar-refractivity contribution is -0.120. The van der Waals surface area contributed by atoms with Crippen molar-refractivity contribution < 1.29 is 17.2 Å². The zero-order valence-electron chi connectivity index (χ0n) is 22.1. The summed E-state index contributed by atoms with van der Waals surface area (Å²) < 4.78 is 36.8. The maximum atomic E-state index is 11.3. The van der Waals surface area contributed by atoms with E-state index < -0.39 is 16.5 Å². The van der Waals surface area contributed by atoms with Gasteiger partial charge in [0.2, 0.25) is 0 Å². The maximum absolute atomic E-state index is 11.3. The highest BCUT2D eigenvalue weighted by atomic mass is 32.3. The van der Waals surface area contributed by atoms with Crippen molar-refractivity contribution in [2.75, 3.05) is 0 Å². The van der Waals surface area contributed by atoms with Crippen LogP contribution >= 0.6 is 0 Å². The van der Waals surface area contributed by atoms with Crippen LogP contribution in [0.1, 0.15) is 112 Å². The van der Waals surface area contributed by atoms with E-state index >= 15 is 0 Å². The Morgan fingerprint density at radius 3 is 2.24 bits per heavy atom. The zero-order valence-corrected chi connectivity index (χ0v) is 22.9. The third kappa shape index (κ3) is 4.94. The average Bonchev–Trinajstić information content (AvgIpc) is 3.07. The Morgan fingerprint density at radius 1 is 0.909 bits per heavy atom. The molecule has 4 nitrogen and oxygen atoms in total. The Bertz CT molecular complexity index is 794. The molecule has 4 rings (SSSR count). The summed E-state index contributed by atoms with van der Waals surface area (Å²) in [5.41, 5.74) is 1.01. The molecule has 0 saturated heterocycles. The first-order valence-electron chi connectivity index (χ1n) is 14.0. The normalized spacial score (nSPS) is 45.2. The van der Waals surface area contributed by atoms with Crippen LogP contribution in [0.5, 0.6) is 0 Å². The monoisotopic (exact) mass is 482 g/mol. The fraction of sp³-hybridized carbons (Fsp3) is 1.00. The van der Waals surface area contributed by atoms with Gasteiger partial charge in [0.1, 0.15) is 0 Å². The van der Waals surface area contributed by atoms with Crippen molar-refractivity contribution in [1.29, 1.82) is 0 Å². The van der Waals surface area contributed by atoms with Crippen molar-refractivity contribution >= 4 is 10.4 Å². The van der Waals surface area contributed by atoms with Crippen LogP contribution in [0.25, 0.3) is 0 Å². The number of rotatable bonds is 7. The van der Waals surface area contributed by atoms with Crippen LogP contribution in [0.2, 0.25) is 0 Å². The van der Waals surface area contributed by atoms with Crippen molar-refractivity contribution in [3.8, 4) is 0 Å². The molecule has 0 amide bonds. The molecule has 10 atom stereocenters. The average molecular weight is 483 g/mol. The largest absolute Gasteiger partial charge is 0.397 e. The lowest BCUT2D eigenvalue weighted by Gasteiger charge is -2.61. The molecular weight excluding hydrogens is 432 g/mol. The third-order valence-corrected chi connectivity index (χ3v) is 12.1. The van der Waals surface area contributed by atoms with Gasteiger partial charge in [-0.1, -0.05) is 48.0 Å². The van der Waals surface area contributed by atoms with Crippen LogP contribution in [0.3, 0.4) is 0 Å². The molecule has 33 heavy (non-hydrogen) atoms. The van der Waals surface area contributed by atoms with Gasteiger partial charge in [0.15, 0.2) is 0 Å². The molecule has 0 aromatic heterocycles. The summed E-state index contributed by atoms with van der Waals surface area (Å²) in [5, 5.41) is 0. The third-order valence-electron chi connectivity index (χ3n) is 11.6. The van der Waals surface area contributed by atoms with E-state index in [0.717, 1.165) is 41.9 Å². The first-order chi connectivity index (χ1) is 15.3. The van der Waals surface area contributed by atoms with Crippen LogP contribution in [0.4, 0.5) is 0 Å². The van der Waals surface area contributed by atoms with Crippen molar-refractivity contribution in [1.82, 2.24) is 0 Å². The Kier molecular flexibility index (Phi) is 7.38. The fourth-order valence-electron chi connectivity index (χ4n) is 9.72. The molecule has 0 aliphatic heterocycles. The summed E-state index contributed by atoms with van der Waals surface area (Å²) in [6.07, 6.45) is 14.0. The Hall–Kier alpha value is -0.130. The second-order valence-electron chi connectivity index (χ2n) is 13.6. The second kappa shape index (κ2) is 9.39. The van der Waals surface area contributed by atoms with Crippen LogP contribution < -0.4 is 0 Å². The smallest absolute Gasteiger partial charge is 0.264 e. The number of hydrogen-bond donors (Lipinski definition) is 1. The lowest BCUT2D eigenvalue weighted by atomic mass is 9.44. The van der Waals surface area contributed by atoms with E-state index in [1.54, 1.807) is 0 Å². The molecule has 1 N–H and O–H groups in total. The van der Waals surface area contributed by atoms with Gasteiger partial charge in [0.05, 0.1) is 6.10 Å². The first kappa shape index (κ1) is 25.9. The molecule has 192 valence electrons. The Balaban J connectivity index is 1.43. The predicted octanol–water partition coefficient (Wildman–Crippen LogP) is 7.54. The van der Waals surface area contributed by atoms with Crippen LogP contribution in [-0.2, 0) is 14.6 Å². The van der Waals surface area contributed by atoms with Gasteiger partial charge < -0.3 is 0 Å². The SMILES string of the molecule is CC(C)C(CCC(C)[C@H]1CCC2C3CCC4C[C@@H](C)CC[C@]4(C)C3CC[C@@]21C)OS(=O)(=O)O. The van der Waals surface area contributed by atoms with Crippen LogP contribution in [-0.4, -0.2) is 19.1 Å². The first-order valence-corrected chi connectivity index (χ1v) is 15.4. The van der Waals surface area contributed by atoms with Gasteiger partial charge in [-0.05, 0) is 122 Å². The standard InChI is InChI=1S/C28H50O4S/c1-18(2)26(32-33(29,30)31)12-7-20(4)23-10-11-24-22-9-8-21-17-19(3)13-15-27(21,5)25(22)14-16-28(23,24)6/h18-26H,7-17H2,1-6H3,(H,29,30,31)/t19-,20?,21?,22?,23+,24?,25?,26?,27-,28+/m0/s1. The molecule has 6 unspecified atom stereocenters.